The molecule has 0 spiro atoms. The van der Waals surface area contributed by atoms with Crippen molar-refractivity contribution in [2.45, 2.75) is 19.9 Å². The first-order valence-electron chi connectivity index (χ1n) is 4.55. The van der Waals surface area contributed by atoms with Crippen molar-refractivity contribution in [2.24, 2.45) is 5.10 Å². The molecule has 0 aliphatic rings. The molecular weight excluding hydrogens is 181 g/mol. The smallest absolute Gasteiger partial charge is 0.141 e. The van der Waals surface area contributed by atoms with Gasteiger partial charge in [-0.05, 0) is 18.1 Å². The third kappa shape index (κ3) is 3.51. The van der Waals surface area contributed by atoms with Gasteiger partial charge in [-0.2, -0.15) is 5.10 Å². The van der Waals surface area contributed by atoms with Gasteiger partial charge in [-0.3, -0.25) is 9.99 Å². The molecule has 76 valence electrons. The summed E-state index contributed by atoms with van der Waals surface area (Å²) in [6.45, 7) is 2.59. The van der Waals surface area contributed by atoms with Crippen LogP contribution in [0.1, 0.15) is 18.9 Å². The van der Waals surface area contributed by atoms with Crippen LogP contribution in [0.15, 0.2) is 23.6 Å². The maximum absolute atomic E-state index is 12.8. The largest absolute Gasteiger partial charge is 0.296 e. The monoisotopic (exact) mass is 195 g/mol. The van der Waals surface area contributed by atoms with E-state index in [0.29, 0.717) is 6.54 Å². The molecule has 0 aliphatic carbocycles. The van der Waals surface area contributed by atoms with Crippen LogP contribution in [-0.4, -0.2) is 23.3 Å². The molecule has 0 saturated carbocycles. The Morgan fingerprint density at radius 3 is 3.00 bits per heavy atom. The second-order valence-corrected chi connectivity index (χ2v) is 3.03. The summed E-state index contributed by atoms with van der Waals surface area (Å²) >= 11 is 0. The predicted molar refractivity (Wildman–Crippen MR) is 54.4 cm³/mol. The van der Waals surface area contributed by atoms with E-state index < -0.39 is 0 Å². The maximum Gasteiger partial charge on any atom is 0.141 e. The minimum absolute atomic E-state index is 0.310. The Hall–Kier alpha value is -1.45. The van der Waals surface area contributed by atoms with Gasteiger partial charge >= 0.3 is 0 Å². The summed E-state index contributed by atoms with van der Waals surface area (Å²) in [6.07, 6.45) is 5.54. The average molecular weight is 195 g/mol. The lowest BCUT2D eigenvalue weighted by Crippen LogP contribution is -2.10. The Bertz CT molecular complexity index is 312. The van der Waals surface area contributed by atoms with Crippen molar-refractivity contribution in [3.05, 3.63) is 29.8 Å². The van der Waals surface area contributed by atoms with Crippen LogP contribution in [0.2, 0.25) is 0 Å². The quantitative estimate of drug-likeness (QED) is 0.543. The van der Waals surface area contributed by atoms with Crippen molar-refractivity contribution in [1.82, 2.24) is 9.99 Å². The van der Waals surface area contributed by atoms with E-state index in [0.717, 1.165) is 12.0 Å². The van der Waals surface area contributed by atoms with Gasteiger partial charge in [0, 0.05) is 19.5 Å². The molecule has 0 atom stereocenters. The zero-order valence-corrected chi connectivity index (χ0v) is 8.44. The van der Waals surface area contributed by atoms with Gasteiger partial charge in [0.1, 0.15) is 5.82 Å². The molecule has 14 heavy (non-hydrogen) atoms. The fourth-order valence-electron chi connectivity index (χ4n) is 1.07. The van der Waals surface area contributed by atoms with E-state index in [2.05, 4.69) is 10.1 Å². The number of rotatable bonds is 4. The molecule has 0 aliphatic heterocycles. The number of halogens is 1. The summed E-state index contributed by atoms with van der Waals surface area (Å²) < 4.78 is 12.8. The van der Waals surface area contributed by atoms with E-state index >= 15 is 0 Å². The van der Waals surface area contributed by atoms with Crippen molar-refractivity contribution < 1.29 is 4.39 Å². The first-order chi connectivity index (χ1) is 6.72. The Morgan fingerprint density at radius 2 is 2.36 bits per heavy atom. The SMILES string of the molecule is CC/C=N/N(C)Cc1cncc(F)c1. The number of hydrogen-bond acceptors (Lipinski definition) is 3. The van der Waals surface area contributed by atoms with Gasteiger partial charge in [0.25, 0.3) is 0 Å². The zero-order chi connectivity index (χ0) is 10.4. The molecule has 1 rings (SSSR count). The lowest BCUT2D eigenvalue weighted by Gasteiger charge is -2.11. The molecule has 0 unspecified atom stereocenters. The molecule has 1 heterocycles. The summed E-state index contributed by atoms with van der Waals surface area (Å²) in [5, 5.41) is 5.88. The Morgan fingerprint density at radius 1 is 1.57 bits per heavy atom. The topological polar surface area (TPSA) is 28.5 Å². The highest BCUT2D eigenvalue weighted by Crippen LogP contribution is 2.03. The van der Waals surface area contributed by atoms with Crippen molar-refractivity contribution >= 4 is 6.21 Å². The zero-order valence-electron chi connectivity index (χ0n) is 8.44. The number of pyridine rings is 1. The van der Waals surface area contributed by atoms with Crippen LogP contribution in [0.25, 0.3) is 0 Å². The second kappa shape index (κ2) is 5.32. The Balaban J connectivity index is 2.55. The van der Waals surface area contributed by atoms with Gasteiger partial charge in [-0.1, -0.05) is 6.92 Å². The molecule has 3 nitrogen and oxygen atoms in total. The summed E-state index contributed by atoms with van der Waals surface area (Å²) in [4.78, 5) is 3.76. The van der Waals surface area contributed by atoms with Crippen LogP contribution in [0.4, 0.5) is 4.39 Å². The fraction of sp³-hybridized carbons (Fsp3) is 0.400. The highest BCUT2D eigenvalue weighted by molar-refractivity contribution is 5.55. The highest BCUT2D eigenvalue weighted by Gasteiger charge is 1.98. The summed E-state index contributed by atoms with van der Waals surface area (Å²) in [6, 6.07) is 1.46. The van der Waals surface area contributed by atoms with Gasteiger partial charge in [0.15, 0.2) is 0 Å². The van der Waals surface area contributed by atoms with Gasteiger partial charge < -0.3 is 0 Å². The van der Waals surface area contributed by atoms with Crippen LogP contribution < -0.4 is 0 Å². The van der Waals surface area contributed by atoms with E-state index in [1.54, 1.807) is 11.2 Å². The summed E-state index contributed by atoms with van der Waals surface area (Å²) in [5.74, 6) is -0.310. The molecule has 0 aromatic carbocycles. The highest BCUT2D eigenvalue weighted by atomic mass is 19.1. The number of hydrazone groups is 1. The third-order valence-corrected chi connectivity index (χ3v) is 1.63. The molecule has 0 saturated heterocycles. The molecule has 0 bridgehead atoms. The first-order valence-corrected chi connectivity index (χ1v) is 4.55. The Kier molecular flexibility index (Phi) is 4.04. The summed E-state index contributed by atoms with van der Waals surface area (Å²) in [7, 11) is 1.84. The fourth-order valence-corrected chi connectivity index (χ4v) is 1.07. The molecule has 1 aromatic heterocycles. The van der Waals surface area contributed by atoms with Crippen LogP contribution in [0.5, 0.6) is 0 Å². The normalized spacial score (nSPS) is 10.8. The van der Waals surface area contributed by atoms with Crippen LogP contribution in [-0.2, 0) is 6.54 Å². The maximum atomic E-state index is 12.8. The van der Waals surface area contributed by atoms with Crippen LogP contribution in [0, 0.1) is 5.82 Å². The van der Waals surface area contributed by atoms with Crippen LogP contribution >= 0.6 is 0 Å². The lowest BCUT2D eigenvalue weighted by atomic mass is 10.3. The molecule has 0 amide bonds. The van der Waals surface area contributed by atoms with E-state index in [-0.39, 0.29) is 5.82 Å². The minimum atomic E-state index is -0.310. The molecule has 4 heteroatoms. The van der Waals surface area contributed by atoms with E-state index in [4.69, 9.17) is 0 Å². The third-order valence-electron chi connectivity index (χ3n) is 1.63. The molecule has 0 fully saturated rings. The van der Waals surface area contributed by atoms with E-state index in [9.17, 15) is 4.39 Å². The lowest BCUT2D eigenvalue weighted by molar-refractivity contribution is 0.347. The second-order valence-electron chi connectivity index (χ2n) is 3.03. The van der Waals surface area contributed by atoms with Crippen molar-refractivity contribution in [3.63, 3.8) is 0 Å². The molecule has 1 aromatic rings. The van der Waals surface area contributed by atoms with Crippen molar-refractivity contribution in [1.29, 1.82) is 0 Å². The standard InChI is InChI=1S/C10H14FN3/c1-3-4-13-14(2)8-9-5-10(11)7-12-6-9/h4-7H,3,8H2,1-2H3/b13-4+. The number of nitrogens with zero attached hydrogens (tertiary/aromatic N) is 3. The first kappa shape index (κ1) is 10.6. The van der Waals surface area contributed by atoms with Gasteiger partial charge in [0.05, 0.1) is 12.7 Å². The Labute approximate surface area is 83.3 Å². The van der Waals surface area contributed by atoms with Gasteiger partial charge in [-0.15, -0.1) is 0 Å². The van der Waals surface area contributed by atoms with E-state index in [1.807, 2.05) is 20.2 Å². The van der Waals surface area contributed by atoms with Gasteiger partial charge in [-0.25, -0.2) is 4.39 Å². The number of aromatic nitrogens is 1. The minimum Gasteiger partial charge on any atom is -0.296 e. The predicted octanol–water partition coefficient (Wildman–Crippen LogP) is 2.05. The average Bonchev–Trinajstić information content (AvgIpc) is 2.15. The molecule has 0 radical (unpaired) electrons. The summed E-state index contributed by atoms with van der Waals surface area (Å²) in [5.41, 5.74) is 0.820. The van der Waals surface area contributed by atoms with Crippen molar-refractivity contribution in [2.75, 3.05) is 7.05 Å². The molecule has 0 N–H and O–H groups in total. The van der Waals surface area contributed by atoms with E-state index in [1.165, 1.54) is 12.3 Å². The van der Waals surface area contributed by atoms with Crippen molar-refractivity contribution in [3.8, 4) is 0 Å². The van der Waals surface area contributed by atoms with Crippen LogP contribution in [0.3, 0.4) is 0 Å². The number of hydrogen-bond donors (Lipinski definition) is 0. The molecular formula is C10H14FN3. The van der Waals surface area contributed by atoms with Gasteiger partial charge in [0.2, 0.25) is 0 Å².